The highest BCUT2D eigenvalue weighted by Crippen LogP contribution is 2.27. The minimum Gasteiger partial charge on any atom is -0.353 e. The van der Waals surface area contributed by atoms with Crippen LogP contribution in [0.1, 0.15) is 4.88 Å². The Morgan fingerprint density at radius 3 is 2.82 bits per heavy atom. The van der Waals surface area contributed by atoms with E-state index in [2.05, 4.69) is 25.9 Å². The van der Waals surface area contributed by atoms with Crippen molar-refractivity contribution in [3.05, 3.63) is 37.3 Å². The zero-order valence-corrected chi connectivity index (χ0v) is 12.7. The van der Waals surface area contributed by atoms with Gasteiger partial charge in [0.1, 0.15) is 5.82 Å². The highest BCUT2D eigenvalue weighted by atomic mass is 79.9. The Balaban J connectivity index is 2.19. The normalized spacial score (nSPS) is 10.6. The Labute approximate surface area is 122 Å². The molecule has 90 valence electrons. The van der Waals surface area contributed by atoms with Gasteiger partial charge >= 0.3 is 0 Å². The summed E-state index contributed by atoms with van der Waals surface area (Å²) in [5.74, 6) is 0.759. The molecule has 0 aliphatic rings. The molecule has 0 saturated heterocycles. The van der Waals surface area contributed by atoms with E-state index >= 15 is 0 Å². The van der Waals surface area contributed by atoms with Crippen LogP contribution in [-0.4, -0.2) is 17.0 Å². The van der Waals surface area contributed by atoms with E-state index in [0.29, 0.717) is 0 Å². The lowest BCUT2D eigenvalue weighted by molar-refractivity contribution is 0.899. The van der Waals surface area contributed by atoms with Crippen molar-refractivity contribution in [3.63, 3.8) is 0 Å². The molecule has 0 saturated carbocycles. The molecule has 2 rings (SSSR count). The van der Waals surface area contributed by atoms with Crippen LogP contribution in [0.3, 0.4) is 0 Å². The average Bonchev–Trinajstić information content (AvgIpc) is 2.67. The minimum atomic E-state index is 0.235. The SMILES string of the molecule is CN(Cc1ccc(Cl)s1)c1nc(Cl)ncc1Br. The molecule has 0 aliphatic heterocycles. The molecule has 17 heavy (non-hydrogen) atoms. The molecule has 2 heterocycles. The predicted octanol–water partition coefficient (Wildman–Crippen LogP) is 4.24. The second kappa shape index (κ2) is 5.52. The first-order valence-electron chi connectivity index (χ1n) is 4.69. The summed E-state index contributed by atoms with van der Waals surface area (Å²) < 4.78 is 1.60. The zero-order valence-electron chi connectivity index (χ0n) is 8.82. The Hall–Kier alpha value is -0.360. The summed E-state index contributed by atoms with van der Waals surface area (Å²) >= 11 is 16.6. The van der Waals surface area contributed by atoms with Gasteiger partial charge in [0.25, 0.3) is 0 Å². The summed E-state index contributed by atoms with van der Waals surface area (Å²) in [6.07, 6.45) is 1.64. The van der Waals surface area contributed by atoms with Gasteiger partial charge in [-0.25, -0.2) is 4.98 Å². The second-order valence-corrected chi connectivity index (χ2v) is 6.36. The molecular weight excluding hydrogens is 345 g/mol. The summed E-state index contributed by atoms with van der Waals surface area (Å²) in [6, 6.07) is 3.89. The molecule has 0 unspecified atom stereocenters. The molecule has 0 N–H and O–H groups in total. The first-order valence-corrected chi connectivity index (χ1v) is 7.06. The molecule has 7 heteroatoms. The van der Waals surface area contributed by atoms with E-state index in [1.165, 1.54) is 4.88 Å². The third kappa shape index (κ3) is 3.31. The van der Waals surface area contributed by atoms with E-state index in [1.807, 2.05) is 24.1 Å². The van der Waals surface area contributed by atoms with Crippen LogP contribution in [0.4, 0.5) is 5.82 Å². The molecular formula is C10H8BrCl2N3S. The average molecular weight is 353 g/mol. The third-order valence-corrected chi connectivity index (χ3v) is 4.04. The summed E-state index contributed by atoms with van der Waals surface area (Å²) in [5.41, 5.74) is 0. The van der Waals surface area contributed by atoms with Gasteiger partial charge in [0.15, 0.2) is 0 Å². The molecule has 0 amide bonds. The fourth-order valence-corrected chi connectivity index (χ4v) is 3.11. The fourth-order valence-electron chi connectivity index (χ4n) is 1.35. The first kappa shape index (κ1) is 13.1. The Bertz CT molecular complexity index is 532. The lowest BCUT2D eigenvalue weighted by Crippen LogP contribution is -2.17. The molecule has 0 bridgehead atoms. The van der Waals surface area contributed by atoms with Gasteiger partial charge in [-0.05, 0) is 39.7 Å². The molecule has 3 nitrogen and oxygen atoms in total. The molecule has 0 fully saturated rings. The summed E-state index contributed by atoms with van der Waals surface area (Å²) in [5, 5.41) is 0.235. The van der Waals surface area contributed by atoms with Crippen molar-refractivity contribution in [2.75, 3.05) is 11.9 Å². The maximum atomic E-state index is 5.89. The molecule has 0 spiro atoms. The molecule has 0 atom stereocenters. The van der Waals surface area contributed by atoms with Gasteiger partial charge in [-0.2, -0.15) is 4.98 Å². The van der Waals surface area contributed by atoms with E-state index in [4.69, 9.17) is 23.2 Å². The van der Waals surface area contributed by atoms with E-state index in [-0.39, 0.29) is 5.28 Å². The minimum absolute atomic E-state index is 0.235. The van der Waals surface area contributed by atoms with Crippen LogP contribution in [0, 0.1) is 0 Å². The van der Waals surface area contributed by atoms with E-state index in [0.717, 1.165) is 21.2 Å². The summed E-state index contributed by atoms with van der Waals surface area (Å²) in [6.45, 7) is 0.726. The van der Waals surface area contributed by atoms with Crippen molar-refractivity contribution >= 4 is 56.3 Å². The molecule has 2 aromatic heterocycles. The zero-order chi connectivity index (χ0) is 12.4. The number of halogens is 3. The number of hydrogen-bond donors (Lipinski definition) is 0. The van der Waals surface area contributed by atoms with E-state index in [1.54, 1.807) is 17.5 Å². The number of nitrogens with zero attached hydrogens (tertiary/aromatic N) is 3. The number of rotatable bonds is 3. The molecule has 0 aliphatic carbocycles. The second-order valence-electron chi connectivity index (χ2n) is 3.37. The van der Waals surface area contributed by atoms with Gasteiger partial charge in [-0.3, -0.25) is 0 Å². The lowest BCUT2D eigenvalue weighted by Gasteiger charge is -2.18. The standard InChI is InChI=1S/C10H8BrCl2N3S/c1-16(5-6-2-3-8(12)17-6)9-7(11)4-14-10(13)15-9/h2-4H,5H2,1H3. The summed E-state index contributed by atoms with van der Waals surface area (Å²) in [7, 11) is 1.94. The Kier molecular flexibility index (Phi) is 4.25. The van der Waals surface area contributed by atoms with Crippen LogP contribution in [0.15, 0.2) is 22.8 Å². The molecule has 2 aromatic rings. The summed E-state index contributed by atoms with van der Waals surface area (Å²) in [4.78, 5) is 11.2. The van der Waals surface area contributed by atoms with Gasteiger partial charge in [0.05, 0.1) is 15.4 Å². The van der Waals surface area contributed by atoms with Gasteiger partial charge < -0.3 is 4.90 Å². The monoisotopic (exact) mass is 351 g/mol. The maximum absolute atomic E-state index is 5.89. The highest BCUT2D eigenvalue weighted by molar-refractivity contribution is 9.10. The smallest absolute Gasteiger partial charge is 0.224 e. The van der Waals surface area contributed by atoms with Crippen molar-refractivity contribution in [2.24, 2.45) is 0 Å². The van der Waals surface area contributed by atoms with Gasteiger partial charge in [-0.1, -0.05) is 11.6 Å². The van der Waals surface area contributed by atoms with Crippen LogP contribution in [0.5, 0.6) is 0 Å². The van der Waals surface area contributed by atoms with Crippen molar-refractivity contribution in [3.8, 4) is 0 Å². The van der Waals surface area contributed by atoms with Gasteiger partial charge in [-0.15, -0.1) is 11.3 Å². The lowest BCUT2D eigenvalue weighted by atomic mass is 10.4. The van der Waals surface area contributed by atoms with E-state index in [9.17, 15) is 0 Å². The van der Waals surface area contributed by atoms with Crippen molar-refractivity contribution in [1.82, 2.24) is 9.97 Å². The first-order chi connectivity index (χ1) is 8.06. The highest BCUT2D eigenvalue weighted by Gasteiger charge is 2.10. The van der Waals surface area contributed by atoms with Crippen molar-refractivity contribution < 1.29 is 0 Å². The van der Waals surface area contributed by atoms with Gasteiger partial charge in [0, 0.05) is 18.1 Å². The fraction of sp³-hybridized carbons (Fsp3) is 0.200. The molecule has 0 aromatic carbocycles. The quantitative estimate of drug-likeness (QED) is 0.773. The third-order valence-electron chi connectivity index (χ3n) is 2.08. The van der Waals surface area contributed by atoms with Crippen LogP contribution in [-0.2, 0) is 6.54 Å². The van der Waals surface area contributed by atoms with Crippen LogP contribution in [0.2, 0.25) is 9.62 Å². The van der Waals surface area contributed by atoms with Crippen molar-refractivity contribution in [2.45, 2.75) is 6.54 Å². The Morgan fingerprint density at radius 2 is 2.18 bits per heavy atom. The van der Waals surface area contributed by atoms with Crippen LogP contribution >= 0.6 is 50.5 Å². The number of anilines is 1. The maximum Gasteiger partial charge on any atom is 0.224 e. The van der Waals surface area contributed by atoms with E-state index < -0.39 is 0 Å². The number of hydrogen-bond acceptors (Lipinski definition) is 4. The van der Waals surface area contributed by atoms with Crippen LogP contribution < -0.4 is 4.90 Å². The Morgan fingerprint density at radius 1 is 1.41 bits per heavy atom. The topological polar surface area (TPSA) is 29.0 Å². The number of thiophene rings is 1. The largest absolute Gasteiger partial charge is 0.353 e. The van der Waals surface area contributed by atoms with Gasteiger partial charge in [0.2, 0.25) is 5.28 Å². The van der Waals surface area contributed by atoms with Crippen LogP contribution in [0.25, 0.3) is 0 Å². The van der Waals surface area contributed by atoms with Crippen molar-refractivity contribution in [1.29, 1.82) is 0 Å². The molecule has 0 radical (unpaired) electrons. The number of aromatic nitrogens is 2. The predicted molar refractivity (Wildman–Crippen MR) is 76.2 cm³/mol.